The minimum Gasteiger partial charge on any atom is -0.508 e. The van der Waals surface area contributed by atoms with Gasteiger partial charge >= 0.3 is 11.9 Å². The van der Waals surface area contributed by atoms with Crippen LogP contribution >= 0.6 is 0 Å². The van der Waals surface area contributed by atoms with Gasteiger partial charge in [0.15, 0.2) is 6.10 Å². The summed E-state index contributed by atoms with van der Waals surface area (Å²) in [5.74, 6) is 16.1. The lowest BCUT2D eigenvalue weighted by Gasteiger charge is -2.08. The van der Waals surface area contributed by atoms with Crippen LogP contribution in [-0.4, -0.2) is 23.1 Å². The fourth-order valence-electron chi connectivity index (χ4n) is 1.95. The molecular formula is C24H14O5. The van der Waals surface area contributed by atoms with Crippen LogP contribution in [-0.2, 0) is 4.74 Å². The maximum Gasteiger partial charge on any atom is 0.343 e. The molecule has 0 spiro atoms. The second kappa shape index (κ2) is 10.5. The maximum absolute atomic E-state index is 12.1. The zero-order valence-electron chi connectivity index (χ0n) is 15.4. The van der Waals surface area contributed by atoms with Crippen LogP contribution in [0.15, 0.2) is 48.5 Å². The van der Waals surface area contributed by atoms with E-state index in [4.69, 9.17) is 15.9 Å². The first kappa shape index (κ1) is 20.7. The first-order valence-corrected chi connectivity index (χ1v) is 8.28. The predicted molar refractivity (Wildman–Crippen MR) is 107 cm³/mol. The number of rotatable bonds is 4. The van der Waals surface area contributed by atoms with Crippen LogP contribution in [0.3, 0.4) is 0 Å². The SMILES string of the molecule is C#CC#CC#CC#CC(C)OC(=O)c1ccc(OC(=O)c2ccc(O)cc2)cc1. The fourth-order valence-corrected chi connectivity index (χ4v) is 1.95. The van der Waals surface area contributed by atoms with Crippen molar-refractivity contribution in [1.82, 2.24) is 0 Å². The number of carbonyl (C=O) groups is 2. The molecule has 0 saturated heterocycles. The van der Waals surface area contributed by atoms with Gasteiger partial charge in [-0.1, -0.05) is 0 Å². The van der Waals surface area contributed by atoms with Gasteiger partial charge in [0.2, 0.25) is 0 Å². The molecule has 0 amide bonds. The second-order valence-corrected chi connectivity index (χ2v) is 5.42. The molecule has 5 nitrogen and oxygen atoms in total. The van der Waals surface area contributed by atoms with Crippen molar-refractivity contribution in [1.29, 1.82) is 0 Å². The summed E-state index contributed by atoms with van der Waals surface area (Å²) in [5, 5.41) is 9.24. The summed E-state index contributed by atoms with van der Waals surface area (Å²) in [5.41, 5.74) is 0.557. The van der Waals surface area contributed by atoms with Crippen LogP contribution in [0.1, 0.15) is 27.6 Å². The molecule has 1 unspecified atom stereocenters. The van der Waals surface area contributed by atoms with Gasteiger partial charge < -0.3 is 14.6 Å². The molecule has 0 fully saturated rings. The molecule has 29 heavy (non-hydrogen) atoms. The minimum atomic E-state index is -0.676. The zero-order chi connectivity index (χ0) is 21.1. The molecule has 1 atom stereocenters. The largest absolute Gasteiger partial charge is 0.508 e. The average Bonchev–Trinajstić information content (AvgIpc) is 2.71. The van der Waals surface area contributed by atoms with Gasteiger partial charge in [0.1, 0.15) is 11.5 Å². The Morgan fingerprint density at radius 2 is 1.41 bits per heavy atom. The summed E-state index contributed by atoms with van der Waals surface area (Å²) in [4.78, 5) is 24.1. The number of carbonyl (C=O) groups excluding carboxylic acids is 2. The molecule has 0 saturated carbocycles. The monoisotopic (exact) mass is 382 g/mol. The van der Waals surface area contributed by atoms with Crippen LogP contribution < -0.4 is 4.74 Å². The molecule has 0 aliphatic carbocycles. The van der Waals surface area contributed by atoms with E-state index in [0.29, 0.717) is 0 Å². The third-order valence-corrected chi connectivity index (χ3v) is 3.28. The van der Waals surface area contributed by atoms with Gasteiger partial charge in [-0.3, -0.25) is 0 Å². The Morgan fingerprint density at radius 3 is 2.07 bits per heavy atom. The third-order valence-electron chi connectivity index (χ3n) is 3.28. The van der Waals surface area contributed by atoms with Crippen molar-refractivity contribution in [3.8, 4) is 59.4 Å². The number of phenolic OH excluding ortho intramolecular Hbond substituents is 1. The number of ether oxygens (including phenoxy) is 2. The molecule has 2 rings (SSSR count). The molecular weight excluding hydrogens is 368 g/mol. The normalized spacial score (nSPS) is 9.66. The molecule has 0 radical (unpaired) electrons. The Morgan fingerprint density at radius 1 is 0.862 bits per heavy atom. The van der Waals surface area contributed by atoms with Crippen LogP contribution in [0.5, 0.6) is 11.5 Å². The second-order valence-electron chi connectivity index (χ2n) is 5.42. The number of benzene rings is 2. The lowest BCUT2D eigenvalue weighted by atomic mass is 10.2. The Balaban J connectivity index is 1.93. The Labute approximate surface area is 168 Å². The molecule has 140 valence electrons. The summed E-state index contributed by atoms with van der Waals surface area (Å²) in [6.07, 6.45) is 4.27. The van der Waals surface area contributed by atoms with Crippen molar-refractivity contribution >= 4 is 11.9 Å². The van der Waals surface area contributed by atoms with E-state index < -0.39 is 18.0 Å². The standard InChI is InChI=1S/C24H14O5/c1-3-4-5-6-7-8-9-18(2)28-23(26)20-12-16-22(17-13-20)29-24(27)19-10-14-21(25)15-11-19/h1,10-18,25H,2H3. The molecule has 5 heteroatoms. The van der Waals surface area contributed by atoms with Crippen LogP contribution in [0.2, 0.25) is 0 Å². The van der Waals surface area contributed by atoms with Crippen molar-refractivity contribution in [3.63, 3.8) is 0 Å². The molecule has 2 aromatic rings. The van der Waals surface area contributed by atoms with E-state index in [1.54, 1.807) is 6.92 Å². The summed E-state index contributed by atoms with van der Waals surface area (Å²) >= 11 is 0. The summed E-state index contributed by atoms with van der Waals surface area (Å²) in [6.45, 7) is 1.60. The van der Waals surface area contributed by atoms with Gasteiger partial charge in [0.05, 0.1) is 11.1 Å². The fraction of sp³-hybridized carbons (Fsp3) is 0.0833. The van der Waals surface area contributed by atoms with Crippen LogP contribution in [0.25, 0.3) is 0 Å². The first-order valence-electron chi connectivity index (χ1n) is 8.28. The summed E-state index contributed by atoms with van der Waals surface area (Å²) in [7, 11) is 0. The summed E-state index contributed by atoms with van der Waals surface area (Å²) < 4.78 is 10.4. The van der Waals surface area contributed by atoms with Crippen molar-refractivity contribution in [2.24, 2.45) is 0 Å². The number of hydrogen-bond acceptors (Lipinski definition) is 5. The van der Waals surface area contributed by atoms with Crippen molar-refractivity contribution in [2.75, 3.05) is 0 Å². The number of terminal acetylenes is 1. The topological polar surface area (TPSA) is 72.8 Å². The highest BCUT2D eigenvalue weighted by atomic mass is 16.5. The van der Waals surface area contributed by atoms with Gasteiger partial charge in [0.25, 0.3) is 0 Å². The molecule has 2 aromatic carbocycles. The Hall–Kier alpha value is -4.58. The average molecular weight is 382 g/mol. The number of phenols is 1. The highest BCUT2D eigenvalue weighted by Crippen LogP contribution is 2.16. The summed E-state index contributed by atoms with van der Waals surface area (Å²) in [6, 6.07) is 11.5. The molecule has 1 N–H and O–H groups in total. The van der Waals surface area contributed by atoms with E-state index in [1.165, 1.54) is 48.5 Å². The smallest absolute Gasteiger partial charge is 0.343 e. The lowest BCUT2D eigenvalue weighted by Crippen LogP contribution is -2.13. The Bertz CT molecular complexity index is 1120. The molecule has 0 aliphatic heterocycles. The van der Waals surface area contributed by atoms with Crippen molar-refractivity contribution < 1.29 is 24.2 Å². The van der Waals surface area contributed by atoms with Gasteiger partial charge in [-0.05, 0) is 96.9 Å². The first-order chi connectivity index (χ1) is 14.0. The van der Waals surface area contributed by atoms with Gasteiger partial charge in [-0.2, -0.15) is 0 Å². The highest BCUT2D eigenvalue weighted by molar-refractivity contribution is 5.92. The van der Waals surface area contributed by atoms with E-state index in [2.05, 4.69) is 41.4 Å². The molecule has 0 aliphatic rings. The van der Waals surface area contributed by atoms with E-state index >= 15 is 0 Å². The lowest BCUT2D eigenvalue weighted by molar-refractivity contribution is 0.0438. The third kappa shape index (κ3) is 6.92. The molecule has 0 aromatic heterocycles. The Kier molecular flexibility index (Phi) is 7.53. The maximum atomic E-state index is 12.1. The minimum absolute atomic E-state index is 0.0490. The van der Waals surface area contributed by atoms with Crippen molar-refractivity contribution in [2.45, 2.75) is 13.0 Å². The van der Waals surface area contributed by atoms with Gasteiger partial charge in [-0.15, -0.1) is 6.42 Å². The van der Waals surface area contributed by atoms with Crippen molar-refractivity contribution in [3.05, 3.63) is 59.7 Å². The molecule has 0 bridgehead atoms. The number of aromatic hydroxyl groups is 1. The highest BCUT2D eigenvalue weighted by Gasteiger charge is 2.12. The molecule has 0 heterocycles. The van der Waals surface area contributed by atoms with E-state index in [-0.39, 0.29) is 22.6 Å². The van der Waals surface area contributed by atoms with Crippen LogP contribution in [0, 0.1) is 47.9 Å². The van der Waals surface area contributed by atoms with E-state index in [9.17, 15) is 14.7 Å². The van der Waals surface area contributed by atoms with E-state index in [1.807, 2.05) is 0 Å². The quantitative estimate of drug-likeness (QED) is 0.500. The zero-order valence-corrected chi connectivity index (χ0v) is 15.4. The van der Waals surface area contributed by atoms with E-state index in [0.717, 1.165) is 0 Å². The number of esters is 2. The number of hydrogen-bond donors (Lipinski definition) is 1. The predicted octanol–water partition coefficient (Wildman–Crippen LogP) is 2.80. The van der Waals surface area contributed by atoms with Gasteiger partial charge in [-0.25, -0.2) is 9.59 Å². The van der Waals surface area contributed by atoms with Crippen LogP contribution in [0.4, 0.5) is 0 Å². The van der Waals surface area contributed by atoms with Gasteiger partial charge in [0, 0.05) is 0 Å².